The molecule has 0 N–H and O–H groups in total. The van der Waals surface area contributed by atoms with Crippen molar-refractivity contribution in [3.63, 3.8) is 0 Å². The summed E-state index contributed by atoms with van der Waals surface area (Å²) in [6, 6.07) is 7.96. The van der Waals surface area contributed by atoms with Crippen molar-refractivity contribution in [2.45, 2.75) is 39.2 Å². The van der Waals surface area contributed by atoms with Crippen molar-refractivity contribution in [1.29, 1.82) is 0 Å². The molecule has 1 saturated heterocycles. The van der Waals surface area contributed by atoms with Crippen LogP contribution in [0, 0.1) is 5.92 Å². The molecule has 5 heteroatoms. The summed E-state index contributed by atoms with van der Waals surface area (Å²) in [5.74, 6) is 1.89. The van der Waals surface area contributed by atoms with Gasteiger partial charge >= 0.3 is 0 Å². The number of rotatable bonds is 6. The van der Waals surface area contributed by atoms with E-state index in [-0.39, 0.29) is 5.91 Å². The van der Waals surface area contributed by atoms with Crippen LogP contribution in [-0.4, -0.2) is 40.8 Å². The molecule has 1 aliphatic rings. The van der Waals surface area contributed by atoms with Crippen LogP contribution in [0.5, 0.6) is 5.75 Å². The number of likely N-dealkylation sites (tertiary alicyclic amines) is 1. The first-order valence-corrected chi connectivity index (χ1v) is 9.10. The number of aryl methyl sites for hydroxylation is 1. The Morgan fingerprint density at radius 3 is 2.60 bits per heavy atom. The van der Waals surface area contributed by atoms with Crippen molar-refractivity contribution in [2.24, 2.45) is 5.92 Å². The van der Waals surface area contributed by atoms with Gasteiger partial charge in [-0.25, -0.2) is 0 Å². The molecule has 0 saturated carbocycles. The minimum Gasteiger partial charge on any atom is -0.497 e. The van der Waals surface area contributed by atoms with Gasteiger partial charge in [0.2, 0.25) is 5.91 Å². The Balaban J connectivity index is 1.47. The first kappa shape index (κ1) is 17.5. The predicted molar refractivity (Wildman–Crippen MR) is 98.4 cm³/mol. The van der Waals surface area contributed by atoms with E-state index in [1.165, 1.54) is 0 Å². The molecule has 0 bridgehead atoms. The minimum atomic E-state index is 0.287. The Hall–Kier alpha value is -2.30. The van der Waals surface area contributed by atoms with Gasteiger partial charge in [-0.05, 0) is 42.9 Å². The van der Waals surface area contributed by atoms with Gasteiger partial charge in [-0.15, -0.1) is 0 Å². The maximum atomic E-state index is 12.3. The molecule has 1 fully saturated rings. The van der Waals surface area contributed by atoms with Crippen LogP contribution >= 0.6 is 0 Å². The zero-order chi connectivity index (χ0) is 17.6. The number of ether oxygens (including phenoxy) is 1. The van der Waals surface area contributed by atoms with Crippen LogP contribution < -0.4 is 4.74 Å². The van der Waals surface area contributed by atoms with Crippen molar-refractivity contribution in [3.05, 3.63) is 36.7 Å². The molecule has 0 spiro atoms. The number of amides is 1. The molecule has 0 aliphatic carbocycles. The Bertz CT molecular complexity index is 685. The number of methoxy groups -OCH3 is 1. The fraction of sp³-hybridized carbons (Fsp3) is 0.500. The molecule has 0 radical (unpaired) electrons. The molecular formula is C20H27N3O2. The lowest BCUT2D eigenvalue weighted by Gasteiger charge is -2.30. The van der Waals surface area contributed by atoms with E-state index in [0.29, 0.717) is 6.42 Å². The molecule has 2 aromatic rings. The Labute approximate surface area is 149 Å². The summed E-state index contributed by atoms with van der Waals surface area (Å²) in [6.07, 6.45) is 7.61. The van der Waals surface area contributed by atoms with Crippen LogP contribution in [0.4, 0.5) is 0 Å². The number of aromatic nitrogens is 2. The van der Waals surface area contributed by atoms with Crippen LogP contribution in [0.3, 0.4) is 0 Å². The normalized spacial score (nSPS) is 15.4. The number of hydrogen-bond acceptors (Lipinski definition) is 3. The van der Waals surface area contributed by atoms with Crippen molar-refractivity contribution in [1.82, 2.24) is 14.7 Å². The van der Waals surface area contributed by atoms with Gasteiger partial charge in [-0.1, -0.05) is 19.1 Å². The third-order valence-corrected chi connectivity index (χ3v) is 4.97. The summed E-state index contributed by atoms with van der Waals surface area (Å²) in [7, 11) is 1.67. The fourth-order valence-corrected chi connectivity index (χ4v) is 3.23. The molecular weight excluding hydrogens is 314 g/mol. The third-order valence-electron chi connectivity index (χ3n) is 4.97. The second-order valence-corrected chi connectivity index (χ2v) is 6.89. The molecule has 3 rings (SSSR count). The maximum Gasteiger partial charge on any atom is 0.222 e. The lowest BCUT2D eigenvalue weighted by atomic mass is 9.99. The smallest absolute Gasteiger partial charge is 0.222 e. The number of nitrogens with zero attached hydrogens (tertiary/aromatic N) is 3. The summed E-state index contributed by atoms with van der Waals surface area (Å²) in [4.78, 5) is 14.3. The average Bonchev–Trinajstić information content (AvgIpc) is 3.11. The van der Waals surface area contributed by atoms with Crippen LogP contribution in [0.2, 0.25) is 0 Å². The van der Waals surface area contributed by atoms with E-state index in [2.05, 4.69) is 12.0 Å². The molecule has 1 aliphatic heterocycles. The summed E-state index contributed by atoms with van der Waals surface area (Å²) >= 11 is 0. The Morgan fingerprint density at radius 2 is 1.92 bits per heavy atom. The van der Waals surface area contributed by atoms with E-state index in [1.807, 2.05) is 46.2 Å². The number of benzene rings is 1. The van der Waals surface area contributed by atoms with Gasteiger partial charge in [0, 0.05) is 37.8 Å². The molecule has 1 aromatic carbocycles. The average molecular weight is 341 g/mol. The lowest BCUT2D eigenvalue weighted by molar-refractivity contribution is -0.132. The third kappa shape index (κ3) is 4.62. The highest BCUT2D eigenvalue weighted by molar-refractivity contribution is 5.76. The van der Waals surface area contributed by atoms with Gasteiger partial charge in [0.1, 0.15) is 5.75 Å². The zero-order valence-corrected chi connectivity index (χ0v) is 15.1. The van der Waals surface area contributed by atoms with Crippen molar-refractivity contribution < 1.29 is 9.53 Å². The molecule has 0 unspecified atom stereocenters. The highest BCUT2D eigenvalue weighted by atomic mass is 16.5. The summed E-state index contributed by atoms with van der Waals surface area (Å²) in [5.41, 5.74) is 2.20. The first-order valence-electron chi connectivity index (χ1n) is 9.10. The van der Waals surface area contributed by atoms with E-state index in [4.69, 9.17) is 4.74 Å². The summed E-state index contributed by atoms with van der Waals surface area (Å²) in [5, 5.41) is 4.41. The topological polar surface area (TPSA) is 47.4 Å². The predicted octanol–water partition coefficient (Wildman–Crippen LogP) is 3.60. The number of carbonyl (C=O) groups is 1. The number of hydrogen-bond donors (Lipinski definition) is 0. The van der Waals surface area contributed by atoms with E-state index < -0.39 is 0 Å². The second kappa shape index (κ2) is 8.19. The van der Waals surface area contributed by atoms with Crippen LogP contribution in [0.1, 0.15) is 32.6 Å². The largest absolute Gasteiger partial charge is 0.497 e. The fourth-order valence-electron chi connectivity index (χ4n) is 3.23. The van der Waals surface area contributed by atoms with Crippen LogP contribution in [0.15, 0.2) is 36.7 Å². The van der Waals surface area contributed by atoms with Gasteiger partial charge in [0.05, 0.1) is 13.3 Å². The standard InChI is InChI=1S/C20H27N3O2/c1-16-9-12-22(13-10-16)20(24)4-3-11-23-15-18(14-21-23)17-5-7-19(25-2)8-6-17/h5-8,14-16H,3-4,9-13H2,1-2H3. The lowest BCUT2D eigenvalue weighted by Crippen LogP contribution is -2.37. The van der Waals surface area contributed by atoms with Gasteiger partial charge in [0.15, 0.2) is 0 Å². The molecule has 1 aromatic heterocycles. The maximum absolute atomic E-state index is 12.3. The number of carbonyl (C=O) groups excluding carboxylic acids is 1. The molecule has 0 atom stereocenters. The second-order valence-electron chi connectivity index (χ2n) is 6.89. The van der Waals surface area contributed by atoms with Crippen molar-refractivity contribution >= 4 is 5.91 Å². The quantitative estimate of drug-likeness (QED) is 0.806. The van der Waals surface area contributed by atoms with E-state index in [0.717, 1.165) is 61.7 Å². The van der Waals surface area contributed by atoms with Crippen LogP contribution in [-0.2, 0) is 11.3 Å². The Morgan fingerprint density at radius 1 is 1.20 bits per heavy atom. The minimum absolute atomic E-state index is 0.287. The van der Waals surface area contributed by atoms with Gasteiger partial charge in [0.25, 0.3) is 0 Å². The number of piperidine rings is 1. The SMILES string of the molecule is COc1ccc(-c2cnn(CCCC(=O)N3CCC(C)CC3)c2)cc1. The molecule has 5 nitrogen and oxygen atoms in total. The zero-order valence-electron chi connectivity index (χ0n) is 15.1. The van der Waals surface area contributed by atoms with E-state index in [9.17, 15) is 4.79 Å². The highest BCUT2D eigenvalue weighted by Gasteiger charge is 2.19. The monoisotopic (exact) mass is 341 g/mol. The van der Waals surface area contributed by atoms with Crippen molar-refractivity contribution in [2.75, 3.05) is 20.2 Å². The molecule has 25 heavy (non-hydrogen) atoms. The molecule has 2 heterocycles. The summed E-state index contributed by atoms with van der Waals surface area (Å²) in [6.45, 7) is 4.87. The first-order chi connectivity index (χ1) is 12.2. The van der Waals surface area contributed by atoms with Gasteiger partial charge in [-0.2, -0.15) is 5.10 Å². The summed E-state index contributed by atoms with van der Waals surface area (Å²) < 4.78 is 7.11. The Kier molecular flexibility index (Phi) is 5.74. The van der Waals surface area contributed by atoms with E-state index >= 15 is 0 Å². The van der Waals surface area contributed by atoms with E-state index in [1.54, 1.807) is 7.11 Å². The van der Waals surface area contributed by atoms with Crippen LogP contribution in [0.25, 0.3) is 11.1 Å². The van der Waals surface area contributed by atoms with Gasteiger partial charge in [-0.3, -0.25) is 9.48 Å². The van der Waals surface area contributed by atoms with Gasteiger partial charge < -0.3 is 9.64 Å². The molecule has 1 amide bonds. The molecule has 134 valence electrons. The van der Waals surface area contributed by atoms with Crippen molar-refractivity contribution in [3.8, 4) is 16.9 Å². The highest BCUT2D eigenvalue weighted by Crippen LogP contribution is 2.22.